The second-order valence-electron chi connectivity index (χ2n) is 7.49. The molecule has 4 rings (SSSR count). The molecule has 1 unspecified atom stereocenters. The summed E-state index contributed by atoms with van der Waals surface area (Å²) in [6, 6.07) is 10.6. The molecule has 1 saturated heterocycles. The van der Waals surface area contributed by atoms with Crippen LogP contribution in [0.5, 0.6) is 0 Å². The number of rotatable bonds is 4. The number of imidazole rings is 1. The third-order valence-corrected chi connectivity index (χ3v) is 5.50. The summed E-state index contributed by atoms with van der Waals surface area (Å²) in [6.45, 7) is 9.06. The van der Waals surface area contributed by atoms with Crippen LogP contribution in [0.15, 0.2) is 42.7 Å². The highest BCUT2D eigenvalue weighted by atomic mass is 15.2. The van der Waals surface area contributed by atoms with Crippen LogP contribution in [0, 0.1) is 20.8 Å². The molecule has 1 aliphatic rings. The van der Waals surface area contributed by atoms with Crippen LogP contribution in [0.2, 0.25) is 0 Å². The summed E-state index contributed by atoms with van der Waals surface area (Å²) in [4.78, 5) is 16.4. The summed E-state index contributed by atoms with van der Waals surface area (Å²) in [7, 11) is 0. The minimum absolute atomic E-state index is 0.424. The van der Waals surface area contributed by atoms with E-state index in [4.69, 9.17) is 9.97 Å². The first-order valence-electron chi connectivity index (χ1n) is 9.73. The summed E-state index contributed by atoms with van der Waals surface area (Å²) in [5, 5.41) is 0. The predicted octanol–water partition coefficient (Wildman–Crippen LogP) is 4.03. The number of piperidine rings is 1. The van der Waals surface area contributed by atoms with E-state index >= 15 is 0 Å². The van der Waals surface area contributed by atoms with Crippen molar-refractivity contribution >= 4 is 5.82 Å². The average molecular weight is 361 g/mol. The van der Waals surface area contributed by atoms with Gasteiger partial charge in [-0.1, -0.05) is 30.3 Å². The molecule has 0 N–H and O–H groups in total. The fraction of sp³-hybridized carbons (Fsp3) is 0.409. The molecule has 27 heavy (non-hydrogen) atoms. The van der Waals surface area contributed by atoms with Crippen LogP contribution >= 0.6 is 0 Å². The van der Waals surface area contributed by atoms with Crippen molar-refractivity contribution in [1.29, 1.82) is 0 Å². The van der Waals surface area contributed by atoms with E-state index in [1.165, 1.54) is 23.4 Å². The molecule has 1 aliphatic heterocycles. The van der Waals surface area contributed by atoms with Crippen molar-refractivity contribution in [2.24, 2.45) is 0 Å². The molecule has 1 aromatic carbocycles. The molecule has 0 radical (unpaired) electrons. The average Bonchev–Trinajstić information content (AvgIpc) is 3.14. The summed E-state index contributed by atoms with van der Waals surface area (Å²) >= 11 is 0. The van der Waals surface area contributed by atoms with Gasteiger partial charge in [0, 0.05) is 49.2 Å². The van der Waals surface area contributed by atoms with E-state index < -0.39 is 0 Å². The van der Waals surface area contributed by atoms with Gasteiger partial charge >= 0.3 is 0 Å². The van der Waals surface area contributed by atoms with Gasteiger partial charge in [0.25, 0.3) is 0 Å². The van der Waals surface area contributed by atoms with E-state index in [-0.39, 0.29) is 0 Å². The molecule has 0 aliphatic carbocycles. The Labute approximate surface area is 161 Å². The van der Waals surface area contributed by atoms with Crippen LogP contribution in [0.4, 0.5) is 5.82 Å². The number of benzene rings is 1. The maximum absolute atomic E-state index is 4.75. The molecule has 3 heterocycles. The smallest absolute Gasteiger partial charge is 0.135 e. The second-order valence-corrected chi connectivity index (χ2v) is 7.49. The molecule has 5 heteroatoms. The first kappa shape index (κ1) is 17.7. The van der Waals surface area contributed by atoms with Gasteiger partial charge in [-0.3, -0.25) is 0 Å². The predicted molar refractivity (Wildman–Crippen MR) is 108 cm³/mol. The van der Waals surface area contributed by atoms with Crippen LogP contribution in [0.25, 0.3) is 0 Å². The van der Waals surface area contributed by atoms with Crippen LogP contribution in [0.3, 0.4) is 0 Å². The van der Waals surface area contributed by atoms with Crippen molar-refractivity contribution in [3.8, 4) is 0 Å². The number of hydrogen-bond acceptors (Lipinski definition) is 4. The summed E-state index contributed by atoms with van der Waals surface area (Å²) in [6.07, 6.45) is 6.36. The van der Waals surface area contributed by atoms with Gasteiger partial charge in [0.2, 0.25) is 0 Å². The number of hydrogen-bond donors (Lipinski definition) is 0. The lowest BCUT2D eigenvalue weighted by molar-refractivity contribution is 0.473. The molecular formula is C22H27N5. The third-order valence-electron chi connectivity index (χ3n) is 5.50. The first-order valence-corrected chi connectivity index (χ1v) is 9.73. The minimum atomic E-state index is 0.424. The maximum Gasteiger partial charge on any atom is 0.135 e. The minimum Gasteiger partial charge on any atom is -0.356 e. The van der Waals surface area contributed by atoms with Gasteiger partial charge < -0.3 is 9.47 Å². The molecule has 0 saturated carbocycles. The van der Waals surface area contributed by atoms with Crippen molar-refractivity contribution in [2.45, 2.75) is 46.1 Å². The van der Waals surface area contributed by atoms with E-state index in [1.54, 1.807) is 0 Å². The highest BCUT2D eigenvalue weighted by Gasteiger charge is 2.27. The Morgan fingerprint density at radius 2 is 1.89 bits per heavy atom. The highest BCUT2D eigenvalue weighted by molar-refractivity contribution is 5.49. The molecule has 1 fully saturated rings. The van der Waals surface area contributed by atoms with Crippen LogP contribution < -0.4 is 4.90 Å². The van der Waals surface area contributed by atoms with Gasteiger partial charge in [0.1, 0.15) is 17.5 Å². The standard InChI is InChI=1S/C22H27N5/c1-16-17(2)24-18(3)25-21(16)26-12-7-10-20(15-26)22-23-11-13-27(22)14-19-8-5-4-6-9-19/h4-6,8-9,11,13,20H,7,10,12,14-15H2,1-3H3. The zero-order valence-electron chi connectivity index (χ0n) is 16.4. The highest BCUT2D eigenvalue weighted by Crippen LogP contribution is 2.30. The van der Waals surface area contributed by atoms with Gasteiger partial charge in [-0.15, -0.1) is 0 Å². The van der Waals surface area contributed by atoms with Gasteiger partial charge in [0.05, 0.1) is 0 Å². The van der Waals surface area contributed by atoms with E-state index in [2.05, 4.69) is 64.8 Å². The van der Waals surface area contributed by atoms with E-state index in [0.29, 0.717) is 5.92 Å². The largest absolute Gasteiger partial charge is 0.356 e. The van der Waals surface area contributed by atoms with E-state index in [1.807, 2.05) is 13.1 Å². The second kappa shape index (κ2) is 7.51. The van der Waals surface area contributed by atoms with E-state index in [9.17, 15) is 0 Å². The van der Waals surface area contributed by atoms with Gasteiger partial charge in [-0.2, -0.15) is 0 Å². The Morgan fingerprint density at radius 1 is 1.07 bits per heavy atom. The zero-order valence-corrected chi connectivity index (χ0v) is 16.4. The molecule has 3 aromatic rings. The van der Waals surface area contributed by atoms with Crippen LogP contribution in [-0.2, 0) is 6.54 Å². The van der Waals surface area contributed by atoms with Gasteiger partial charge in [0.15, 0.2) is 0 Å². The Bertz CT molecular complexity index is 916. The van der Waals surface area contributed by atoms with Crippen molar-refractivity contribution < 1.29 is 0 Å². The van der Waals surface area contributed by atoms with Gasteiger partial charge in [-0.05, 0) is 39.2 Å². The quantitative estimate of drug-likeness (QED) is 0.704. The lowest BCUT2D eigenvalue weighted by Gasteiger charge is -2.34. The molecule has 140 valence electrons. The van der Waals surface area contributed by atoms with E-state index in [0.717, 1.165) is 43.4 Å². The normalized spacial score (nSPS) is 17.3. The fourth-order valence-electron chi connectivity index (χ4n) is 4.03. The van der Waals surface area contributed by atoms with Crippen molar-refractivity contribution in [3.63, 3.8) is 0 Å². The number of aryl methyl sites for hydroxylation is 2. The van der Waals surface area contributed by atoms with Crippen molar-refractivity contribution in [1.82, 2.24) is 19.5 Å². The molecule has 0 spiro atoms. The number of nitrogens with zero attached hydrogens (tertiary/aromatic N) is 5. The third kappa shape index (κ3) is 3.72. The molecule has 1 atom stereocenters. The molecule has 0 bridgehead atoms. The topological polar surface area (TPSA) is 46.8 Å². The Balaban J connectivity index is 1.57. The van der Waals surface area contributed by atoms with Gasteiger partial charge in [-0.25, -0.2) is 15.0 Å². The molecular weight excluding hydrogens is 334 g/mol. The fourth-order valence-corrected chi connectivity index (χ4v) is 4.03. The zero-order chi connectivity index (χ0) is 18.8. The molecule has 5 nitrogen and oxygen atoms in total. The van der Waals surface area contributed by atoms with Crippen LogP contribution in [0.1, 0.15) is 47.2 Å². The molecule has 2 aromatic heterocycles. The SMILES string of the molecule is Cc1nc(C)c(C)c(N2CCCC(c3nccn3Cc3ccccc3)C2)n1. The number of anilines is 1. The van der Waals surface area contributed by atoms with Crippen LogP contribution in [-0.4, -0.2) is 32.6 Å². The monoisotopic (exact) mass is 361 g/mol. The van der Waals surface area contributed by atoms with Crippen molar-refractivity contribution in [2.75, 3.05) is 18.0 Å². The Morgan fingerprint density at radius 3 is 2.70 bits per heavy atom. The van der Waals surface area contributed by atoms with Crippen molar-refractivity contribution in [3.05, 3.63) is 71.2 Å². The summed E-state index contributed by atoms with van der Waals surface area (Å²) in [5.74, 6) is 3.54. The summed E-state index contributed by atoms with van der Waals surface area (Å²) < 4.78 is 2.30. The Kier molecular flexibility index (Phi) is 4.92. The lowest BCUT2D eigenvalue weighted by atomic mass is 9.96. The Hall–Kier alpha value is -2.69. The maximum atomic E-state index is 4.75. The summed E-state index contributed by atoms with van der Waals surface area (Å²) in [5.41, 5.74) is 3.57. The molecule has 0 amide bonds. The first-order chi connectivity index (χ1) is 13.1. The number of aromatic nitrogens is 4. The lowest BCUT2D eigenvalue weighted by Crippen LogP contribution is -2.36.